The van der Waals surface area contributed by atoms with Gasteiger partial charge in [0.1, 0.15) is 23.5 Å². The topological polar surface area (TPSA) is 57.3 Å². The van der Waals surface area contributed by atoms with E-state index in [1.54, 1.807) is 0 Å². The van der Waals surface area contributed by atoms with Gasteiger partial charge in [-0.15, -0.1) is 0 Å². The van der Waals surface area contributed by atoms with Crippen LogP contribution >= 0.6 is 15.9 Å². The number of aromatic nitrogens is 2. The molecule has 2 aromatic carbocycles. The number of hydrogen-bond donors (Lipinski definition) is 0. The van der Waals surface area contributed by atoms with Crippen molar-refractivity contribution in [3.8, 4) is 5.75 Å². The molecule has 2 aromatic heterocycles. The van der Waals surface area contributed by atoms with Crippen LogP contribution in [-0.4, -0.2) is 16.2 Å². The first-order valence-electron chi connectivity index (χ1n) is 7.47. The molecule has 0 unspecified atom stereocenters. The Balaban J connectivity index is 1.58. The second kappa shape index (κ2) is 6.13. The zero-order chi connectivity index (χ0) is 16.5. The van der Waals surface area contributed by atoms with Crippen LogP contribution in [0.25, 0.3) is 22.1 Å². The van der Waals surface area contributed by atoms with Crippen molar-refractivity contribution in [2.75, 3.05) is 6.61 Å². The minimum atomic E-state index is -0.199. The van der Waals surface area contributed by atoms with Crippen LogP contribution in [-0.2, 0) is 6.54 Å². The average Bonchev–Trinajstić information content (AvgIpc) is 2.98. The van der Waals surface area contributed by atoms with Gasteiger partial charge >= 0.3 is 0 Å². The van der Waals surface area contributed by atoms with E-state index >= 15 is 0 Å². The maximum atomic E-state index is 12.6. The summed E-state index contributed by atoms with van der Waals surface area (Å²) >= 11 is 3.38. The number of benzene rings is 2. The lowest BCUT2D eigenvalue weighted by atomic mass is 10.2. The Hall–Kier alpha value is -2.60. The lowest BCUT2D eigenvalue weighted by Gasteiger charge is -2.07. The predicted molar refractivity (Wildman–Crippen MR) is 95.4 cm³/mol. The predicted octanol–water partition coefficient (Wildman–Crippen LogP) is 3.98. The zero-order valence-corrected chi connectivity index (χ0v) is 14.2. The van der Waals surface area contributed by atoms with Crippen LogP contribution in [0.2, 0.25) is 0 Å². The van der Waals surface area contributed by atoms with Crippen molar-refractivity contribution >= 4 is 38.0 Å². The third-order valence-corrected chi connectivity index (χ3v) is 4.29. The lowest BCUT2D eigenvalue weighted by Crippen LogP contribution is -2.23. The third-order valence-electron chi connectivity index (χ3n) is 3.77. The van der Waals surface area contributed by atoms with E-state index in [-0.39, 0.29) is 11.1 Å². The molecule has 0 fully saturated rings. The summed E-state index contributed by atoms with van der Waals surface area (Å²) in [4.78, 5) is 16.9. The molecule has 0 saturated heterocycles. The number of hydrogen-bond acceptors (Lipinski definition) is 4. The molecule has 0 radical (unpaired) electrons. The molecule has 4 aromatic rings. The summed E-state index contributed by atoms with van der Waals surface area (Å²) in [6.07, 6.45) is 1.54. The van der Waals surface area contributed by atoms with E-state index < -0.39 is 0 Å². The number of nitrogens with zero attached hydrogens (tertiary/aromatic N) is 2. The summed E-state index contributed by atoms with van der Waals surface area (Å²) in [6, 6.07) is 15.0. The van der Waals surface area contributed by atoms with Crippen LogP contribution in [0.5, 0.6) is 5.75 Å². The number of ether oxygens (including phenoxy) is 1. The van der Waals surface area contributed by atoms with E-state index in [2.05, 4.69) is 20.9 Å². The molecule has 0 N–H and O–H groups in total. The summed E-state index contributed by atoms with van der Waals surface area (Å²) < 4.78 is 13.8. The van der Waals surface area contributed by atoms with Gasteiger partial charge in [0, 0.05) is 9.86 Å². The average molecular weight is 385 g/mol. The van der Waals surface area contributed by atoms with Gasteiger partial charge in [-0.25, -0.2) is 4.98 Å². The maximum Gasteiger partial charge on any atom is 0.297 e. The van der Waals surface area contributed by atoms with Gasteiger partial charge in [-0.05, 0) is 36.4 Å². The standard InChI is InChI=1S/C18H13BrN2O3/c19-12-5-7-13(8-6-12)23-10-9-21-11-20-16-14-3-1-2-4-15(14)24-17(16)18(21)22/h1-8,11H,9-10H2. The second-order valence-corrected chi connectivity index (χ2v) is 6.24. The van der Waals surface area contributed by atoms with E-state index in [1.165, 1.54) is 10.9 Å². The van der Waals surface area contributed by atoms with E-state index in [0.29, 0.717) is 24.3 Å². The van der Waals surface area contributed by atoms with Gasteiger partial charge in [0.15, 0.2) is 0 Å². The first-order chi connectivity index (χ1) is 11.7. The molecular formula is C18H13BrN2O3. The van der Waals surface area contributed by atoms with E-state index in [0.717, 1.165) is 15.6 Å². The largest absolute Gasteiger partial charge is 0.492 e. The molecule has 0 atom stereocenters. The van der Waals surface area contributed by atoms with Crippen molar-refractivity contribution in [3.63, 3.8) is 0 Å². The van der Waals surface area contributed by atoms with Gasteiger partial charge in [-0.2, -0.15) is 0 Å². The van der Waals surface area contributed by atoms with Gasteiger partial charge in [0.25, 0.3) is 5.56 Å². The van der Waals surface area contributed by atoms with Crippen molar-refractivity contribution in [3.05, 3.63) is 69.7 Å². The Morgan fingerprint density at radius 2 is 1.92 bits per heavy atom. The molecule has 0 bridgehead atoms. The minimum Gasteiger partial charge on any atom is -0.492 e. The highest BCUT2D eigenvalue weighted by Gasteiger charge is 2.12. The summed E-state index contributed by atoms with van der Waals surface area (Å²) in [5.41, 5.74) is 1.35. The fourth-order valence-electron chi connectivity index (χ4n) is 2.57. The molecule has 6 heteroatoms. The highest BCUT2D eigenvalue weighted by molar-refractivity contribution is 9.10. The fraction of sp³-hybridized carbons (Fsp3) is 0.111. The molecule has 120 valence electrons. The second-order valence-electron chi connectivity index (χ2n) is 5.32. The Morgan fingerprint density at radius 3 is 2.75 bits per heavy atom. The van der Waals surface area contributed by atoms with Crippen molar-refractivity contribution < 1.29 is 9.15 Å². The normalized spacial score (nSPS) is 11.2. The summed E-state index contributed by atoms with van der Waals surface area (Å²) in [5.74, 6) is 0.754. The smallest absolute Gasteiger partial charge is 0.297 e. The number of furan rings is 1. The van der Waals surface area contributed by atoms with Crippen molar-refractivity contribution in [1.82, 2.24) is 9.55 Å². The molecule has 24 heavy (non-hydrogen) atoms. The quantitative estimate of drug-likeness (QED) is 0.533. The van der Waals surface area contributed by atoms with Gasteiger partial charge in [0.2, 0.25) is 5.58 Å². The van der Waals surface area contributed by atoms with Crippen LogP contribution in [0.1, 0.15) is 0 Å². The number of rotatable bonds is 4. The SMILES string of the molecule is O=c1c2oc3ccccc3c2ncn1CCOc1ccc(Br)cc1. The summed E-state index contributed by atoms with van der Waals surface area (Å²) in [6.45, 7) is 0.768. The van der Waals surface area contributed by atoms with Gasteiger partial charge in [-0.3, -0.25) is 9.36 Å². The first-order valence-corrected chi connectivity index (χ1v) is 8.27. The molecule has 0 aliphatic rings. The van der Waals surface area contributed by atoms with Crippen molar-refractivity contribution in [2.45, 2.75) is 6.54 Å². The van der Waals surface area contributed by atoms with Gasteiger partial charge < -0.3 is 9.15 Å². The maximum absolute atomic E-state index is 12.6. The Morgan fingerprint density at radius 1 is 1.12 bits per heavy atom. The Kier molecular flexibility index (Phi) is 3.82. The molecule has 0 amide bonds. The third kappa shape index (κ3) is 2.69. The molecule has 5 nitrogen and oxygen atoms in total. The van der Waals surface area contributed by atoms with Crippen molar-refractivity contribution in [2.24, 2.45) is 0 Å². The Labute approximate surface area is 145 Å². The van der Waals surface area contributed by atoms with E-state index in [4.69, 9.17) is 9.15 Å². The molecular weight excluding hydrogens is 372 g/mol. The van der Waals surface area contributed by atoms with Crippen molar-refractivity contribution in [1.29, 1.82) is 0 Å². The number of para-hydroxylation sites is 1. The summed E-state index contributed by atoms with van der Waals surface area (Å²) in [7, 11) is 0. The monoisotopic (exact) mass is 384 g/mol. The molecule has 0 spiro atoms. The van der Waals surface area contributed by atoms with Gasteiger partial charge in [0.05, 0.1) is 12.9 Å². The number of fused-ring (bicyclic) bond motifs is 3. The van der Waals surface area contributed by atoms with E-state index in [9.17, 15) is 4.79 Å². The summed E-state index contributed by atoms with van der Waals surface area (Å²) in [5, 5.41) is 0.850. The number of halogens is 1. The van der Waals surface area contributed by atoms with Crippen LogP contribution in [0, 0.1) is 0 Å². The lowest BCUT2D eigenvalue weighted by molar-refractivity contribution is 0.295. The van der Waals surface area contributed by atoms with Gasteiger partial charge in [-0.1, -0.05) is 28.1 Å². The minimum absolute atomic E-state index is 0.199. The van der Waals surface area contributed by atoms with Crippen LogP contribution < -0.4 is 10.3 Å². The molecule has 0 aliphatic heterocycles. The van der Waals surface area contributed by atoms with Crippen LogP contribution in [0.15, 0.2) is 68.5 Å². The molecule has 0 saturated carbocycles. The van der Waals surface area contributed by atoms with Crippen LogP contribution in [0.3, 0.4) is 0 Å². The van der Waals surface area contributed by atoms with Crippen LogP contribution in [0.4, 0.5) is 0 Å². The Bertz CT molecular complexity index is 1070. The highest BCUT2D eigenvalue weighted by atomic mass is 79.9. The first kappa shape index (κ1) is 15.0. The molecule has 4 rings (SSSR count). The molecule has 0 aliphatic carbocycles. The van der Waals surface area contributed by atoms with E-state index in [1.807, 2.05) is 48.5 Å². The molecule has 2 heterocycles. The fourth-order valence-corrected chi connectivity index (χ4v) is 2.83. The zero-order valence-electron chi connectivity index (χ0n) is 12.6. The highest BCUT2D eigenvalue weighted by Crippen LogP contribution is 2.24.